The third kappa shape index (κ3) is 3.57. The number of nitrogens with one attached hydrogen (secondary N) is 2. The number of benzene rings is 2. The first-order valence-corrected chi connectivity index (χ1v) is 8.95. The van der Waals surface area contributed by atoms with E-state index >= 15 is 0 Å². The standard InChI is InChI=1S/C15H13ClN4O4S/c1-24-14(21)8-13-17-15(19-18-13)20-25(22,23)12-7-6-11(16)9-4-2-3-5-10(9)12/h2-7H,8H2,1H3,(H2,17,18,19,20). The molecule has 3 aromatic rings. The van der Waals surface area contributed by atoms with Gasteiger partial charge in [-0.3, -0.25) is 9.89 Å². The molecule has 1 heterocycles. The van der Waals surface area contributed by atoms with Gasteiger partial charge in [-0.25, -0.2) is 13.1 Å². The van der Waals surface area contributed by atoms with Crippen LogP contribution in [0.3, 0.4) is 0 Å². The van der Waals surface area contributed by atoms with Crippen molar-refractivity contribution in [1.82, 2.24) is 15.2 Å². The van der Waals surface area contributed by atoms with Crippen molar-refractivity contribution in [3.63, 3.8) is 0 Å². The Morgan fingerprint density at radius 2 is 1.96 bits per heavy atom. The smallest absolute Gasteiger partial charge is 0.313 e. The van der Waals surface area contributed by atoms with E-state index in [0.717, 1.165) is 0 Å². The van der Waals surface area contributed by atoms with Gasteiger partial charge in [-0.2, -0.15) is 4.98 Å². The van der Waals surface area contributed by atoms with Crippen LogP contribution >= 0.6 is 11.6 Å². The summed E-state index contributed by atoms with van der Waals surface area (Å²) in [5, 5.41) is 7.78. The SMILES string of the molecule is COC(=O)Cc1nc(NS(=O)(=O)c2ccc(Cl)c3ccccc23)n[nH]1. The maximum atomic E-state index is 12.7. The summed E-state index contributed by atoms with van der Waals surface area (Å²) in [5.74, 6) is -0.502. The minimum absolute atomic E-state index is 0.0480. The van der Waals surface area contributed by atoms with Gasteiger partial charge < -0.3 is 4.74 Å². The van der Waals surface area contributed by atoms with Crippen LogP contribution in [0, 0.1) is 0 Å². The van der Waals surface area contributed by atoms with Crippen molar-refractivity contribution >= 4 is 44.3 Å². The fraction of sp³-hybridized carbons (Fsp3) is 0.133. The predicted octanol–water partition coefficient (Wildman–Crippen LogP) is 2.13. The molecule has 2 N–H and O–H groups in total. The van der Waals surface area contributed by atoms with E-state index < -0.39 is 16.0 Å². The van der Waals surface area contributed by atoms with E-state index in [1.165, 1.54) is 19.2 Å². The quantitative estimate of drug-likeness (QED) is 0.655. The molecule has 0 fully saturated rings. The highest BCUT2D eigenvalue weighted by molar-refractivity contribution is 7.93. The molecule has 0 aliphatic carbocycles. The van der Waals surface area contributed by atoms with E-state index in [0.29, 0.717) is 15.8 Å². The summed E-state index contributed by atoms with van der Waals surface area (Å²) in [6.07, 6.45) is -0.144. The van der Waals surface area contributed by atoms with Gasteiger partial charge in [0, 0.05) is 15.8 Å². The van der Waals surface area contributed by atoms with Gasteiger partial charge in [-0.05, 0) is 12.1 Å². The minimum Gasteiger partial charge on any atom is -0.469 e. The molecule has 0 atom stereocenters. The number of hydrogen-bond acceptors (Lipinski definition) is 6. The number of anilines is 1. The summed E-state index contributed by atoms with van der Waals surface area (Å²) in [5.41, 5.74) is 0. The first-order chi connectivity index (χ1) is 11.9. The summed E-state index contributed by atoms with van der Waals surface area (Å²) in [6, 6.07) is 9.81. The Balaban J connectivity index is 1.93. The molecule has 0 aliphatic heterocycles. The molecule has 0 aliphatic rings. The number of halogens is 1. The lowest BCUT2D eigenvalue weighted by molar-refractivity contribution is -0.139. The first-order valence-electron chi connectivity index (χ1n) is 7.09. The zero-order valence-corrected chi connectivity index (χ0v) is 14.6. The van der Waals surface area contributed by atoms with Crippen molar-refractivity contribution in [2.45, 2.75) is 11.3 Å². The summed E-state index contributed by atoms with van der Waals surface area (Å²) in [4.78, 5) is 15.2. The number of nitrogens with zero attached hydrogens (tertiary/aromatic N) is 2. The molecule has 0 spiro atoms. The summed E-state index contributed by atoms with van der Waals surface area (Å²) in [7, 11) is -2.70. The normalized spacial score (nSPS) is 11.4. The fourth-order valence-electron chi connectivity index (χ4n) is 2.27. The van der Waals surface area contributed by atoms with Gasteiger partial charge in [0.15, 0.2) is 0 Å². The number of hydrogen-bond donors (Lipinski definition) is 2. The molecule has 2 aromatic carbocycles. The highest BCUT2D eigenvalue weighted by atomic mass is 35.5. The fourth-order valence-corrected chi connectivity index (χ4v) is 3.66. The van der Waals surface area contributed by atoms with E-state index in [2.05, 4.69) is 24.6 Å². The zero-order chi connectivity index (χ0) is 18.0. The van der Waals surface area contributed by atoms with Crippen LogP contribution in [0.1, 0.15) is 5.82 Å². The van der Waals surface area contributed by atoms with Crippen molar-refractivity contribution in [1.29, 1.82) is 0 Å². The highest BCUT2D eigenvalue weighted by Crippen LogP contribution is 2.29. The number of aromatic nitrogens is 3. The Kier molecular flexibility index (Phi) is 4.60. The number of carbonyl (C=O) groups is 1. The third-order valence-electron chi connectivity index (χ3n) is 3.42. The van der Waals surface area contributed by atoms with Crippen LogP contribution in [0.2, 0.25) is 5.02 Å². The molecule has 0 bridgehead atoms. The van der Waals surface area contributed by atoms with E-state index in [-0.39, 0.29) is 23.1 Å². The van der Waals surface area contributed by atoms with Crippen LogP contribution < -0.4 is 4.72 Å². The minimum atomic E-state index is -3.95. The number of carbonyl (C=O) groups excluding carboxylic acids is 1. The van der Waals surface area contributed by atoms with E-state index in [4.69, 9.17) is 11.6 Å². The molecule has 130 valence electrons. The number of fused-ring (bicyclic) bond motifs is 1. The average molecular weight is 381 g/mol. The van der Waals surface area contributed by atoms with Crippen molar-refractivity contribution in [2.75, 3.05) is 11.8 Å². The molecular formula is C15H13ClN4O4S. The summed E-state index contributed by atoms with van der Waals surface area (Å²) in [6.45, 7) is 0. The van der Waals surface area contributed by atoms with Gasteiger partial charge in [0.05, 0.1) is 12.0 Å². The number of aromatic amines is 1. The molecule has 0 amide bonds. The molecule has 0 unspecified atom stereocenters. The summed E-state index contributed by atoms with van der Waals surface area (Å²) >= 11 is 6.12. The lowest BCUT2D eigenvalue weighted by Gasteiger charge is -2.09. The second-order valence-corrected chi connectivity index (χ2v) is 7.11. The van der Waals surface area contributed by atoms with E-state index in [1.54, 1.807) is 24.3 Å². The second-order valence-electron chi connectivity index (χ2n) is 5.06. The number of H-pyrrole nitrogens is 1. The predicted molar refractivity (Wildman–Crippen MR) is 91.9 cm³/mol. The van der Waals surface area contributed by atoms with Crippen LogP contribution in [0.4, 0.5) is 5.95 Å². The van der Waals surface area contributed by atoms with Gasteiger partial charge in [-0.15, -0.1) is 5.10 Å². The molecule has 8 nitrogen and oxygen atoms in total. The monoisotopic (exact) mass is 380 g/mol. The van der Waals surface area contributed by atoms with Crippen molar-refractivity contribution in [3.05, 3.63) is 47.2 Å². The second kappa shape index (κ2) is 6.69. The van der Waals surface area contributed by atoms with Gasteiger partial charge in [0.25, 0.3) is 16.0 Å². The van der Waals surface area contributed by atoms with Crippen LogP contribution in [0.5, 0.6) is 0 Å². The van der Waals surface area contributed by atoms with Gasteiger partial charge in [0.2, 0.25) is 0 Å². The van der Waals surface area contributed by atoms with Crippen LogP contribution in [0.15, 0.2) is 41.3 Å². The number of rotatable bonds is 5. The van der Waals surface area contributed by atoms with Crippen LogP contribution in [-0.2, 0) is 26.0 Å². The average Bonchev–Trinajstić information content (AvgIpc) is 3.01. The Morgan fingerprint density at radius 3 is 2.68 bits per heavy atom. The molecular weight excluding hydrogens is 368 g/mol. The maximum absolute atomic E-state index is 12.7. The van der Waals surface area contributed by atoms with Gasteiger partial charge in [0.1, 0.15) is 12.2 Å². The van der Waals surface area contributed by atoms with Gasteiger partial charge in [-0.1, -0.05) is 35.9 Å². The Bertz CT molecular complexity index is 1050. The Morgan fingerprint density at radius 1 is 1.24 bits per heavy atom. The van der Waals surface area contributed by atoms with Gasteiger partial charge >= 0.3 is 5.97 Å². The number of esters is 1. The van der Waals surface area contributed by atoms with Crippen molar-refractivity contribution in [3.8, 4) is 0 Å². The number of methoxy groups -OCH3 is 1. The highest BCUT2D eigenvalue weighted by Gasteiger charge is 2.20. The number of sulfonamides is 1. The van der Waals surface area contributed by atoms with Crippen LogP contribution in [-0.4, -0.2) is 36.7 Å². The molecule has 0 saturated heterocycles. The van der Waals surface area contributed by atoms with E-state index in [9.17, 15) is 13.2 Å². The molecule has 1 aromatic heterocycles. The lowest BCUT2D eigenvalue weighted by atomic mass is 10.1. The van der Waals surface area contributed by atoms with Crippen LogP contribution in [0.25, 0.3) is 10.8 Å². The number of ether oxygens (including phenoxy) is 1. The maximum Gasteiger partial charge on any atom is 0.313 e. The summed E-state index contributed by atoms with van der Waals surface area (Å²) < 4.78 is 32.1. The third-order valence-corrected chi connectivity index (χ3v) is 5.13. The van der Waals surface area contributed by atoms with Crippen molar-refractivity contribution in [2.24, 2.45) is 0 Å². The molecule has 10 heteroatoms. The topological polar surface area (TPSA) is 114 Å². The molecule has 0 saturated carbocycles. The molecule has 0 radical (unpaired) electrons. The zero-order valence-electron chi connectivity index (χ0n) is 13.0. The van der Waals surface area contributed by atoms with Crippen molar-refractivity contribution < 1.29 is 17.9 Å². The molecule has 25 heavy (non-hydrogen) atoms. The van der Waals surface area contributed by atoms with E-state index in [1.807, 2.05) is 0 Å². The lowest BCUT2D eigenvalue weighted by Crippen LogP contribution is -2.14. The largest absolute Gasteiger partial charge is 0.469 e. The molecule has 3 rings (SSSR count). The Hall–Kier alpha value is -2.65. The Labute approximate surface area is 148 Å². The first kappa shape index (κ1) is 17.2.